The molecule has 0 amide bonds. The van der Waals surface area contributed by atoms with Crippen LogP contribution >= 0.6 is 15.9 Å². The van der Waals surface area contributed by atoms with Crippen molar-refractivity contribution < 1.29 is 36.0 Å². The van der Waals surface area contributed by atoms with Gasteiger partial charge >= 0.3 is 16.9 Å². The Kier molecular flexibility index (Phi) is 4.47. The van der Waals surface area contributed by atoms with E-state index in [1.165, 1.54) is 22.9 Å². The van der Waals surface area contributed by atoms with Crippen LogP contribution in [0.3, 0.4) is 0 Å². The maximum atomic E-state index is 13.3. The molecule has 0 radical (unpaired) electrons. The van der Waals surface area contributed by atoms with Gasteiger partial charge in [0.05, 0.1) is 11.0 Å². The first-order valence-corrected chi connectivity index (χ1v) is 5.85. The Labute approximate surface area is 122 Å². The number of hydrogen-bond donors (Lipinski definition) is 0. The summed E-state index contributed by atoms with van der Waals surface area (Å²) in [5, 5.41) is 10.6. The van der Waals surface area contributed by atoms with Gasteiger partial charge in [0.25, 0.3) is 5.69 Å². The SMILES string of the molecule is Cc1ccc(OC(F)(F)C(F)(Br)C(F)(F)F)cc1[N+](=O)[O-]. The summed E-state index contributed by atoms with van der Waals surface area (Å²) < 4.78 is 74.9. The van der Waals surface area contributed by atoms with Gasteiger partial charge in [-0.05, 0) is 35.0 Å². The molecular weight excluding hydrogens is 376 g/mol. The molecule has 0 bridgehead atoms. The molecule has 0 spiro atoms. The van der Waals surface area contributed by atoms with E-state index in [0.29, 0.717) is 6.07 Å². The minimum atomic E-state index is -5.97. The number of alkyl halides is 7. The van der Waals surface area contributed by atoms with E-state index in [9.17, 15) is 36.5 Å². The summed E-state index contributed by atoms with van der Waals surface area (Å²) in [4.78, 5) is 9.65. The molecule has 0 aromatic heterocycles. The van der Waals surface area contributed by atoms with Crippen LogP contribution in [0.4, 0.5) is 32.0 Å². The van der Waals surface area contributed by atoms with Crippen LogP contribution in [0, 0.1) is 17.0 Å². The number of aryl methyl sites for hydroxylation is 1. The minimum absolute atomic E-state index is 0.0665. The average Bonchev–Trinajstić information content (AvgIpc) is 2.29. The second-order valence-corrected chi connectivity index (χ2v) is 4.99. The lowest BCUT2D eigenvalue weighted by molar-refractivity contribution is -0.385. The molecule has 0 aliphatic carbocycles. The predicted molar refractivity (Wildman–Crippen MR) is 62.2 cm³/mol. The van der Waals surface area contributed by atoms with Gasteiger partial charge in [-0.25, -0.2) is 4.39 Å². The van der Waals surface area contributed by atoms with Crippen LogP contribution in [0.15, 0.2) is 18.2 Å². The van der Waals surface area contributed by atoms with Gasteiger partial charge in [0.1, 0.15) is 5.75 Å². The molecule has 21 heavy (non-hydrogen) atoms. The molecule has 0 saturated heterocycles. The monoisotopic (exact) mass is 381 g/mol. The summed E-state index contributed by atoms with van der Waals surface area (Å²) >= 11 is 1.24. The van der Waals surface area contributed by atoms with Crippen LogP contribution in [-0.4, -0.2) is 21.8 Å². The van der Waals surface area contributed by atoms with E-state index in [2.05, 4.69) is 4.74 Å². The third kappa shape index (κ3) is 3.39. The highest BCUT2D eigenvalue weighted by molar-refractivity contribution is 9.10. The minimum Gasteiger partial charge on any atom is -0.429 e. The first-order chi connectivity index (χ1) is 9.29. The number of hydrogen-bond acceptors (Lipinski definition) is 3. The van der Waals surface area contributed by atoms with Crippen molar-refractivity contribution in [1.29, 1.82) is 0 Å². The summed E-state index contributed by atoms with van der Waals surface area (Å²) in [6.45, 7) is 1.28. The molecule has 1 atom stereocenters. The molecule has 0 aliphatic rings. The van der Waals surface area contributed by atoms with Crippen molar-refractivity contribution in [1.82, 2.24) is 0 Å². The van der Waals surface area contributed by atoms with Crippen molar-refractivity contribution in [3.63, 3.8) is 0 Å². The summed E-state index contributed by atoms with van der Waals surface area (Å²) in [5.74, 6) is -0.983. The lowest BCUT2D eigenvalue weighted by Crippen LogP contribution is -2.53. The van der Waals surface area contributed by atoms with Crippen LogP contribution in [0.2, 0.25) is 0 Å². The molecule has 1 rings (SSSR count). The molecule has 0 aliphatic heterocycles. The number of ether oxygens (including phenoxy) is 1. The van der Waals surface area contributed by atoms with Gasteiger partial charge in [0, 0.05) is 5.56 Å². The molecule has 1 aromatic rings. The van der Waals surface area contributed by atoms with Crippen molar-refractivity contribution in [2.24, 2.45) is 0 Å². The maximum absolute atomic E-state index is 13.3. The first kappa shape index (κ1) is 17.5. The summed E-state index contributed by atoms with van der Waals surface area (Å²) in [7, 11) is 0. The third-order valence-corrected chi connectivity index (χ3v) is 3.26. The van der Waals surface area contributed by atoms with Crippen LogP contribution in [0.1, 0.15) is 5.56 Å². The van der Waals surface area contributed by atoms with Crippen molar-refractivity contribution >= 4 is 21.6 Å². The van der Waals surface area contributed by atoms with E-state index in [0.717, 1.165) is 12.1 Å². The third-order valence-electron chi connectivity index (χ3n) is 2.34. The Morgan fingerprint density at radius 2 is 1.71 bits per heavy atom. The normalized spacial score (nSPS) is 15.4. The summed E-state index contributed by atoms with van der Waals surface area (Å²) in [5.41, 5.74) is -0.591. The van der Waals surface area contributed by atoms with Gasteiger partial charge in [0.15, 0.2) is 0 Å². The summed E-state index contributed by atoms with van der Waals surface area (Å²) in [6.07, 6.45) is -11.3. The van der Waals surface area contributed by atoms with Crippen LogP contribution < -0.4 is 4.74 Å². The number of nitrogens with zero attached hydrogens (tertiary/aromatic N) is 1. The van der Waals surface area contributed by atoms with Crippen LogP contribution in [-0.2, 0) is 0 Å². The molecule has 118 valence electrons. The second kappa shape index (κ2) is 5.35. The fourth-order valence-electron chi connectivity index (χ4n) is 1.23. The van der Waals surface area contributed by atoms with E-state index in [-0.39, 0.29) is 5.56 Å². The van der Waals surface area contributed by atoms with Gasteiger partial charge in [-0.2, -0.15) is 22.0 Å². The predicted octanol–water partition coefficient (Wildman–Crippen LogP) is 4.50. The highest BCUT2D eigenvalue weighted by Gasteiger charge is 2.72. The average molecular weight is 382 g/mol. The Morgan fingerprint density at radius 3 is 2.14 bits per heavy atom. The highest BCUT2D eigenvalue weighted by atomic mass is 79.9. The molecule has 1 aromatic carbocycles. The number of halogens is 7. The van der Waals surface area contributed by atoms with Gasteiger partial charge in [-0.1, -0.05) is 0 Å². The van der Waals surface area contributed by atoms with E-state index < -0.39 is 33.2 Å². The van der Waals surface area contributed by atoms with E-state index in [1.54, 1.807) is 0 Å². The standard InChI is InChI=1S/C10H6BrF6NO3/c1-5-2-3-6(4-7(5)18(19)20)21-10(16,17)8(11,12)9(13,14)15/h2-4H,1H3. The fourth-order valence-corrected chi connectivity index (χ4v) is 1.31. The number of benzene rings is 1. The fraction of sp³-hybridized carbons (Fsp3) is 0.400. The zero-order valence-corrected chi connectivity index (χ0v) is 11.6. The molecule has 0 saturated carbocycles. The molecular formula is C10H6BrF6NO3. The molecule has 11 heteroatoms. The lowest BCUT2D eigenvalue weighted by atomic mass is 10.2. The van der Waals surface area contributed by atoms with E-state index in [1.807, 2.05) is 0 Å². The van der Waals surface area contributed by atoms with Crippen molar-refractivity contribution in [3.8, 4) is 5.75 Å². The van der Waals surface area contributed by atoms with Gasteiger partial charge in [-0.15, -0.1) is 0 Å². The topological polar surface area (TPSA) is 52.4 Å². The van der Waals surface area contributed by atoms with Gasteiger partial charge < -0.3 is 4.74 Å². The Morgan fingerprint density at radius 1 is 1.19 bits per heavy atom. The quantitative estimate of drug-likeness (QED) is 0.334. The smallest absolute Gasteiger partial charge is 0.429 e. The molecule has 0 N–H and O–H groups in total. The van der Waals surface area contributed by atoms with Crippen LogP contribution in [0.5, 0.6) is 5.75 Å². The molecule has 0 fully saturated rings. The molecule has 1 unspecified atom stereocenters. The molecule has 4 nitrogen and oxygen atoms in total. The van der Waals surface area contributed by atoms with Crippen molar-refractivity contribution in [3.05, 3.63) is 33.9 Å². The van der Waals surface area contributed by atoms with E-state index >= 15 is 0 Å². The number of nitro benzene ring substituents is 1. The number of rotatable bonds is 4. The van der Waals surface area contributed by atoms with Gasteiger partial charge in [-0.3, -0.25) is 10.1 Å². The maximum Gasteiger partial charge on any atom is 0.453 e. The summed E-state index contributed by atoms with van der Waals surface area (Å²) in [6, 6.07) is 2.21. The van der Waals surface area contributed by atoms with Crippen molar-refractivity contribution in [2.45, 2.75) is 23.8 Å². The van der Waals surface area contributed by atoms with Crippen molar-refractivity contribution in [2.75, 3.05) is 0 Å². The van der Waals surface area contributed by atoms with Gasteiger partial charge in [0.2, 0.25) is 0 Å². The largest absolute Gasteiger partial charge is 0.453 e. The zero-order valence-electron chi connectivity index (χ0n) is 10.0. The second-order valence-electron chi connectivity index (χ2n) is 3.90. The van der Waals surface area contributed by atoms with Crippen LogP contribution in [0.25, 0.3) is 0 Å². The zero-order chi connectivity index (χ0) is 16.6. The first-order valence-electron chi connectivity index (χ1n) is 5.06. The molecule has 0 heterocycles. The lowest BCUT2D eigenvalue weighted by Gasteiger charge is -2.29. The Balaban J connectivity index is 3.16. The Bertz CT molecular complexity index is 560. The Hall–Kier alpha value is -1.52. The number of nitro groups is 1. The van der Waals surface area contributed by atoms with E-state index in [4.69, 9.17) is 0 Å². The highest BCUT2D eigenvalue weighted by Crippen LogP contribution is 2.50.